The van der Waals surface area contributed by atoms with E-state index in [0.717, 1.165) is 19.4 Å². The summed E-state index contributed by atoms with van der Waals surface area (Å²) >= 11 is 0. The standard InChI is InChI=1S/C9H16O4/c1-9(2,8(10)11)13-6-7-4-3-5-12-7/h7H,3-6H2,1-2H3,(H,10,11). The van der Waals surface area contributed by atoms with Crippen molar-refractivity contribution in [2.24, 2.45) is 0 Å². The van der Waals surface area contributed by atoms with Gasteiger partial charge < -0.3 is 14.6 Å². The van der Waals surface area contributed by atoms with E-state index in [-0.39, 0.29) is 6.10 Å². The summed E-state index contributed by atoms with van der Waals surface area (Å²) < 4.78 is 10.6. The Hall–Kier alpha value is -0.610. The number of hydrogen-bond acceptors (Lipinski definition) is 3. The Morgan fingerprint density at radius 3 is 2.85 bits per heavy atom. The summed E-state index contributed by atoms with van der Waals surface area (Å²) in [6.45, 7) is 4.23. The van der Waals surface area contributed by atoms with E-state index < -0.39 is 11.6 Å². The fourth-order valence-corrected chi connectivity index (χ4v) is 1.14. The van der Waals surface area contributed by atoms with Crippen molar-refractivity contribution in [3.05, 3.63) is 0 Å². The number of carbonyl (C=O) groups is 1. The molecule has 0 aromatic rings. The zero-order valence-electron chi connectivity index (χ0n) is 8.08. The van der Waals surface area contributed by atoms with Gasteiger partial charge in [0.2, 0.25) is 0 Å². The van der Waals surface area contributed by atoms with E-state index in [9.17, 15) is 4.79 Å². The van der Waals surface area contributed by atoms with Gasteiger partial charge in [-0.25, -0.2) is 4.79 Å². The maximum Gasteiger partial charge on any atom is 0.335 e. The molecule has 1 fully saturated rings. The number of carboxylic acids is 1. The SMILES string of the molecule is CC(C)(OCC1CCCO1)C(=O)O. The summed E-state index contributed by atoms with van der Waals surface area (Å²) in [7, 11) is 0. The average Bonchev–Trinajstić information content (AvgIpc) is 2.52. The van der Waals surface area contributed by atoms with E-state index in [1.54, 1.807) is 13.8 Å². The van der Waals surface area contributed by atoms with Crippen LogP contribution in [0.5, 0.6) is 0 Å². The molecule has 0 aromatic carbocycles. The van der Waals surface area contributed by atoms with Crippen molar-refractivity contribution in [2.75, 3.05) is 13.2 Å². The molecule has 76 valence electrons. The van der Waals surface area contributed by atoms with Crippen LogP contribution in [0.25, 0.3) is 0 Å². The molecule has 1 atom stereocenters. The molecule has 4 heteroatoms. The molecule has 1 N–H and O–H groups in total. The largest absolute Gasteiger partial charge is 0.479 e. The second kappa shape index (κ2) is 4.07. The molecule has 0 aromatic heterocycles. The molecule has 1 rings (SSSR count). The summed E-state index contributed by atoms with van der Waals surface area (Å²) in [6, 6.07) is 0. The average molecular weight is 188 g/mol. The molecular formula is C9H16O4. The van der Waals surface area contributed by atoms with Crippen molar-refractivity contribution in [2.45, 2.75) is 38.4 Å². The molecule has 1 aliphatic heterocycles. The van der Waals surface area contributed by atoms with Crippen molar-refractivity contribution in [1.82, 2.24) is 0 Å². The zero-order valence-corrected chi connectivity index (χ0v) is 8.08. The minimum Gasteiger partial charge on any atom is -0.479 e. The second-order valence-electron chi connectivity index (χ2n) is 3.76. The lowest BCUT2D eigenvalue weighted by Crippen LogP contribution is -2.37. The number of rotatable bonds is 4. The molecule has 1 heterocycles. The molecule has 0 amide bonds. The van der Waals surface area contributed by atoms with Crippen molar-refractivity contribution >= 4 is 5.97 Å². The molecule has 0 bridgehead atoms. The first-order valence-electron chi connectivity index (χ1n) is 4.51. The van der Waals surface area contributed by atoms with E-state index in [4.69, 9.17) is 14.6 Å². The van der Waals surface area contributed by atoms with Gasteiger partial charge in [-0.3, -0.25) is 0 Å². The highest BCUT2D eigenvalue weighted by atomic mass is 16.6. The number of ether oxygens (including phenoxy) is 2. The number of carboxylic acid groups (broad SMARTS) is 1. The lowest BCUT2D eigenvalue weighted by molar-refractivity contribution is -0.164. The third-order valence-corrected chi connectivity index (χ3v) is 2.17. The van der Waals surface area contributed by atoms with Gasteiger partial charge >= 0.3 is 5.97 Å². The highest BCUT2D eigenvalue weighted by Gasteiger charge is 2.29. The van der Waals surface area contributed by atoms with Crippen LogP contribution in [0.4, 0.5) is 0 Å². The summed E-state index contributed by atoms with van der Waals surface area (Å²) in [5, 5.41) is 8.75. The Kier molecular flexibility index (Phi) is 3.27. The van der Waals surface area contributed by atoms with Gasteiger partial charge in [-0.1, -0.05) is 0 Å². The van der Waals surface area contributed by atoms with E-state index in [0.29, 0.717) is 6.61 Å². The van der Waals surface area contributed by atoms with E-state index >= 15 is 0 Å². The summed E-state index contributed by atoms with van der Waals surface area (Å²) in [5.41, 5.74) is -1.11. The maximum atomic E-state index is 10.7. The molecule has 0 spiro atoms. The smallest absolute Gasteiger partial charge is 0.335 e. The molecule has 0 saturated carbocycles. The highest BCUT2D eigenvalue weighted by Crippen LogP contribution is 2.16. The van der Waals surface area contributed by atoms with Crippen LogP contribution in [-0.2, 0) is 14.3 Å². The van der Waals surface area contributed by atoms with Crippen LogP contribution in [0, 0.1) is 0 Å². The van der Waals surface area contributed by atoms with Gasteiger partial charge in [-0.05, 0) is 26.7 Å². The Labute approximate surface area is 77.8 Å². The maximum absolute atomic E-state index is 10.7. The van der Waals surface area contributed by atoms with Gasteiger partial charge in [-0.15, -0.1) is 0 Å². The van der Waals surface area contributed by atoms with Crippen molar-refractivity contribution < 1.29 is 19.4 Å². The molecule has 13 heavy (non-hydrogen) atoms. The second-order valence-corrected chi connectivity index (χ2v) is 3.76. The van der Waals surface area contributed by atoms with Gasteiger partial charge in [0, 0.05) is 6.61 Å². The quantitative estimate of drug-likeness (QED) is 0.716. The van der Waals surface area contributed by atoms with Gasteiger partial charge in [0.05, 0.1) is 12.7 Å². The van der Waals surface area contributed by atoms with Crippen molar-refractivity contribution in [3.63, 3.8) is 0 Å². The zero-order chi connectivity index (χ0) is 9.90. The van der Waals surface area contributed by atoms with Crippen LogP contribution in [0.3, 0.4) is 0 Å². The minimum absolute atomic E-state index is 0.0821. The summed E-state index contributed by atoms with van der Waals surface area (Å²) in [5.74, 6) is -0.939. The Balaban J connectivity index is 2.28. The molecule has 4 nitrogen and oxygen atoms in total. The normalized spacial score (nSPS) is 23.4. The van der Waals surface area contributed by atoms with Crippen LogP contribution in [-0.4, -0.2) is 36.0 Å². The fourth-order valence-electron chi connectivity index (χ4n) is 1.14. The Bertz CT molecular complexity index is 182. The number of aliphatic carboxylic acids is 1. The van der Waals surface area contributed by atoms with Gasteiger partial charge in [0.1, 0.15) is 0 Å². The lowest BCUT2D eigenvalue weighted by atomic mass is 10.1. The number of hydrogen-bond donors (Lipinski definition) is 1. The first kappa shape index (κ1) is 10.5. The molecule has 0 radical (unpaired) electrons. The monoisotopic (exact) mass is 188 g/mol. The minimum atomic E-state index is -1.11. The van der Waals surface area contributed by atoms with Crippen LogP contribution >= 0.6 is 0 Å². The van der Waals surface area contributed by atoms with Crippen LogP contribution in [0.2, 0.25) is 0 Å². The first-order chi connectivity index (χ1) is 6.02. The summed E-state index contributed by atoms with van der Waals surface area (Å²) in [6.07, 6.45) is 2.09. The Morgan fingerprint density at radius 1 is 1.69 bits per heavy atom. The van der Waals surface area contributed by atoms with Crippen molar-refractivity contribution in [1.29, 1.82) is 0 Å². The first-order valence-corrected chi connectivity index (χ1v) is 4.51. The topological polar surface area (TPSA) is 55.8 Å². The highest BCUT2D eigenvalue weighted by molar-refractivity contribution is 5.76. The van der Waals surface area contributed by atoms with Crippen LogP contribution in [0.15, 0.2) is 0 Å². The lowest BCUT2D eigenvalue weighted by Gasteiger charge is -2.21. The van der Waals surface area contributed by atoms with E-state index in [1.807, 2.05) is 0 Å². The Morgan fingerprint density at radius 2 is 2.38 bits per heavy atom. The third kappa shape index (κ3) is 2.97. The van der Waals surface area contributed by atoms with Crippen LogP contribution < -0.4 is 0 Å². The molecule has 1 aliphatic rings. The van der Waals surface area contributed by atoms with Crippen molar-refractivity contribution in [3.8, 4) is 0 Å². The van der Waals surface area contributed by atoms with Gasteiger partial charge in [-0.2, -0.15) is 0 Å². The van der Waals surface area contributed by atoms with E-state index in [1.165, 1.54) is 0 Å². The van der Waals surface area contributed by atoms with Gasteiger partial charge in [0.25, 0.3) is 0 Å². The summed E-state index contributed by atoms with van der Waals surface area (Å²) in [4.78, 5) is 10.7. The molecule has 1 unspecified atom stereocenters. The predicted molar refractivity (Wildman–Crippen MR) is 46.6 cm³/mol. The predicted octanol–water partition coefficient (Wildman–Crippen LogP) is 1.05. The fraction of sp³-hybridized carbons (Fsp3) is 0.889. The molecule has 0 aliphatic carbocycles. The molecule has 1 saturated heterocycles. The van der Waals surface area contributed by atoms with E-state index in [2.05, 4.69) is 0 Å². The molecular weight excluding hydrogens is 172 g/mol. The third-order valence-electron chi connectivity index (χ3n) is 2.17. The van der Waals surface area contributed by atoms with Crippen LogP contribution in [0.1, 0.15) is 26.7 Å². The van der Waals surface area contributed by atoms with Gasteiger partial charge in [0.15, 0.2) is 5.60 Å².